The van der Waals surface area contributed by atoms with Crippen LogP contribution in [0.2, 0.25) is 0 Å². The van der Waals surface area contributed by atoms with E-state index in [9.17, 15) is 22.8 Å². The Hall–Kier alpha value is -3.47. The van der Waals surface area contributed by atoms with Crippen LogP contribution in [0.3, 0.4) is 0 Å². The maximum absolute atomic E-state index is 12.9. The minimum atomic E-state index is -3.88. The van der Waals surface area contributed by atoms with Gasteiger partial charge in [-0.15, -0.1) is 0 Å². The van der Waals surface area contributed by atoms with Gasteiger partial charge >= 0.3 is 0 Å². The zero-order valence-corrected chi connectivity index (χ0v) is 14.0. The van der Waals surface area contributed by atoms with E-state index in [1.54, 1.807) is 30.3 Å². The number of aromatic nitrogens is 5. The normalized spacial score (nSPS) is 12.0. The quantitative estimate of drug-likeness (QED) is 0.437. The SMILES string of the molecule is CS(=O)(=O)c1nn(-c2ccccc2)c2[nH]c3c(=O)[nH][nH]c(=O)c3c(=O)c12. The largest absolute Gasteiger partial charge is 0.334 e. The molecule has 3 heterocycles. The first-order chi connectivity index (χ1) is 12.3. The Morgan fingerprint density at radius 1 is 0.962 bits per heavy atom. The Labute approximate surface area is 144 Å². The molecule has 0 amide bonds. The first-order valence-electron chi connectivity index (χ1n) is 7.34. The molecule has 10 nitrogen and oxygen atoms in total. The van der Waals surface area contributed by atoms with Crippen LogP contribution in [0.5, 0.6) is 0 Å². The van der Waals surface area contributed by atoms with Crippen molar-refractivity contribution in [1.82, 2.24) is 25.0 Å². The first kappa shape index (κ1) is 16.0. The predicted molar refractivity (Wildman–Crippen MR) is 93.5 cm³/mol. The lowest BCUT2D eigenvalue weighted by molar-refractivity contribution is 0.597. The molecule has 26 heavy (non-hydrogen) atoms. The van der Waals surface area contributed by atoms with Gasteiger partial charge in [-0.1, -0.05) is 18.2 Å². The summed E-state index contributed by atoms with van der Waals surface area (Å²) in [6, 6.07) is 8.49. The third-order valence-electron chi connectivity index (χ3n) is 3.90. The molecule has 3 aromatic heterocycles. The van der Waals surface area contributed by atoms with Crippen molar-refractivity contribution in [2.75, 3.05) is 6.26 Å². The third-order valence-corrected chi connectivity index (χ3v) is 4.88. The van der Waals surface area contributed by atoms with Crippen LogP contribution in [0.4, 0.5) is 0 Å². The summed E-state index contributed by atoms with van der Waals surface area (Å²) in [6.07, 6.45) is 0.912. The Morgan fingerprint density at radius 3 is 2.27 bits per heavy atom. The molecule has 0 atom stereocenters. The van der Waals surface area contributed by atoms with E-state index in [0.29, 0.717) is 5.69 Å². The van der Waals surface area contributed by atoms with E-state index in [1.165, 1.54) is 4.68 Å². The highest BCUT2D eigenvalue weighted by molar-refractivity contribution is 7.90. The van der Waals surface area contributed by atoms with E-state index in [1.807, 2.05) is 0 Å². The van der Waals surface area contributed by atoms with Gasteiger partial charge < -0.3 is 4.98 Å². The molecule has 0 spiro atoms. The van der Waals surface area contributed by atoms with Gasteiger partial charge in [0.05, 0.1) is 5.69 Å². The van der Waals surface area contributed by atoms with Gasteiger partial charge in [-0.3, -0.25) is 24.6 Å². The highest BCUT2D eigenvalue weighted by atomic mass is 32.2. The molecular formula is C15H11N5O5S. The van der Waals surface area contributed by atoms with E-state index >= 15 is 0 Å². The lowest BCUT2D eigenvalue weighted by atomic mass is 10.2. The average molecular weight is 373 g/mol. The molecule has 132 valence electrons. The molecule has 0 saturated heterocycles. The number of pyridine rings is 1. The predicted octanol–water partition coefficient (Wildman–Crippen LogP) is -0.353. The standard InChI is InChI=1S/C15H11N5O5S/c1-26(24,25)15-9-11(21)8-10(14(23)18-17-13(8)22)16-12(9)20(19-15)7-5-3-2-4-6-7/h2-6H,1H3,(H,16,21)(H,17,22)(H,18,23). The van der Waals surface area contributed by atoms with Crippen molar-refractivity contribution in [3.05, 3.63) is 61.3 Å². The maximum Gasteiger partial charge on any atom is 0.287 e. The number of hydrogen-bond acceptors (Lipinski definition) is 6. The molecule has 0 aliphatic rings. The summed E-state index contributed by atoms with van der Waals surface area (Å²) in [7, 11) is -3.88. The van der Waals surface area contributed by atoms with Gasteiger partial charge in [0.25, 0.3) is 11.1 Å². The molecule has 0 aliphatic carbocycles. The summed E-state index contributed by atoms with van der Waals surface area (Å²) >= 11 is 0. The number of aromatic amines is 3. The number of hydrogen-bond donors (Lipinski definition) is 3. The van der Waals surface area contributed by atoms with Crippen LogP contribution in [0.15, 0.2) is 49.7 Å². The van der Waals surface area contributed by atoms with Gasteiger partial charge in [-0.2, -0.15) is 5.10 Å². The molecule has 4 aromatic rings. The molecule has 11 heteroatoms. The van der Waals surface area contributed by atoms with E-state index in [0.717, 1.165) is 6.26 Å². The second-order valence-corrected chi connectivity index (χ2v) is 7.59. The third kappa shape index (κ3) is 2.21. The number of H-pyrrole nitrogens is 3. The molecule has 3 N–H and O–H groups in total. The van der Waals surface area contributed by atoms with Crippen LogP contribution < -0.4 is 16.5 Å². The van der Waals surface area contributed by atoms with Crippen LogP contribution in [0, 0.1) is 0 Å². The Morgan fingerprint density at radius 2 is 1.62 bits per heavy atom. The highest BCUT2D eigenvalue weighted by Gasteiger charge is 2.25. The van der Waals surface area contributed by atoms with Crippen molar-refractivity contribution in [3.63, 3.8) is 0 Å². The number of fused-ring (bicyclic) bond motifs is 2. The Balaban J connectivity index is 2.34. The van der Waals surface area contributed by atoms with Crippen molar-refractivity contribution in [2.24, 2.45) is 0 Å². The summed E-state index contributed by atoms with van der Waals surface area (Å²) in [4.78, 5) is 39.6. The highest BCUT2D eigenvalue weighted by Crippen LogP contribution is 2.22. The monoisotopic (exact) mass is 373 g/mol. The zero-order chi connectivity index (χ0) is 18.6. The van der Waals surface area contributed by atoms with Crippen molar-refractivity contribution < 1.29 is 8.42 Å². The lowest BCUT2D eigenvalue weighted by Gasteiger charge is -2.03. The van der Waals surface area contributed by atoms with Crippen molar-refractivity contribution >= 4 is 31.8 Å². The van der Waals surface area contributed by atoms with Crippen molar-refractivity contribution in [2.45, 2.75) is 5.03 Å². The molecule has 0 bridgehead atoms. The Bertz CT molecular complexity index is 1460. The van der Waals surface area contributed by atoms with Crippen molar-refractivity contribution in [3.8, 4) is 5.69 Å². The second-order valence-electron chi connectivity index (χ2n) is 5.66. The van der Waals surface area contributed by atoms with Gasteiger partial charge in [-0.25, -0.2) is 13.1 Å². The minimum Gasteiger partial charge on any atom is -0.334 e. The zero-order valence-electron chi connectivity index (χ0n) is 13.2. The summed E-state index contributed by atoms with van der Waals surface area (Å²) in [6.45, 7) is 0. The van der Waals surface area contributed by atoms with Crippen LogP contribution in [0.25, 0.3) is 27.6 Å². The molecule has 0 fully saturated rings. The summed E-state index contributed by atoms with van der Waals surface area (Å²) in [5.74, 6) is 0. The summed E-state index contributed by atoms with van der Waals surface area (Å²) in [5, 5.41) is 7.01. The van der Waals surface area contributed by atoms with Crippen LogP contribution in [0.1, 0.15) is 0 Å². The van der Waals surface area contributed by atoms with E-state index < -0.39 is 36.8 Å². The summed E-state index contributed by atoms with van der Waals surface area (Å²) < 4.78 is 25.5. The number of nitrogens with one attached hydrogen (secondary N) is 3. The molecule has 1 aromatic carbocycles. The van der Waals surface area contributed by atoms with E-state index in [4.69, 9.17) is 0 Å². The second kappa shape index (κ2) is 5.26. The Kier molecular flexibility index (Phi) is 3.24. The fraction of sp³-hybridized carbons (Fsp3) is 0.0667. The molecule has 4 rings (SSSR count). The first-order valence-corrected chi connectivity index (χ1v) is 9.23. The van der Waals surface area contributed by atoms with Crippen LogP contribution >= 0.6 is 0 Å². The number of para-hydroxylation sites is 1. The van der Waals surface area contributed by atoms with Gasteiger partial charge in [0.15, 0.2) is 14.9 Å². The molecule has 0 unspecified atom stereocenters. The topological polar surface area (TPSA) is 151 Å². The molecular weight excluding hydrogens is 362 g/mol. The van der Waals surface area contributed by atoms with E-state index in [2.05, 4.69) is 20.3 Å². The molecule has 0 saturated carbocycles. The minimum absolute atomic E-state index is 0.00484. The number of benzene rings is 1. The lowest BCUT2D eigenvalue weighted by Crippen LogP contribution is -2.26. The number of nitrogens with zero attached hydrogens (tertiary/aromatic N) is 2. The summed E-state index contributed by atoms with van der Waals surface area (Å²) in [5.41, 5.74) is -2.23. The molecule has 0 aliphatic heterocycles. The number of rotatable bonds is 2. The van der Waals surface area contributed by atoms with Gasteiger partial charge in [0.1, 0.15) is 21.9 Å². The fourth-order valence-corrected chi connectivity index (χ4v) is 3.57. The smallest absolute Gasteiger partial charge is 0.287 e. The van der Waals surface area contributed by atoms with Gasteiger partial charge in [0, 0.05) is 6.26 Å². The molecule has 0 radical (unpaired) electrons. The fourth-order valence-electron chi connectivity index (χ4n) is 2.78. The van der Waals surface area contributed by atoms with E-state index in [-0.39, 0.29) is 16.6 Å². The van der Waals surface area contributed by atoms with Crippen molar-refractivity contribution in [1.29, 1.82) is 0 Å². The number of sulfone groups is 1. The van der Waals surface area contributed by atoms with Crippen LogP contribution in [-0.4, -0.2) is 39.6 Å². The average Bonchev–Trinajstić information content (AvgIpc) is 2.99. The maximum atomic E-state index is 12.9. The van der Waals surface area contributed by atoms with Crippen LogP contribution in [-0.2, 0) is 9.84 Å². The van der Waals surface area contributed by atoms with Gasteiger partial charge in [0.2, 0.25) is 5.43 Å². The van der Waals surface area contributed by atoms with Gasteiger partial charge in [-0.05, 0) is 12.1 Å².